The van der Waals surface area contributed by atoms with Gasteiger partial charge in [-0.1, -0.05) is 6.07 Å². The van der Waals surface area contributed by atoms with Crippen molar-refractivity contribution in [1.82, 2.24) is 4.98 Å². The quantitative estimate of drug-likeness (QED) is 0.886. The highest BCUT2D eigenvalue weighted by atomic mass is 32.1. The van der Waals surface area contributed by atoms with Gasteiger partial charge in [-0.3, -0.25) is 0 Å². The number of aromatic nitrogens is 1. The van der Waals surface area contributed by atoms with E-state index >= 15 is 0 Å². The number of rotatable bonds is 6. The maximum Gasteiger partial charge on any atom is 0.161 e. The van der Waals surface area contributed by atoms with Crippen molar-refractivity contribution >= 4 is 11.3 Å². The van der Waals surface area contributed by atoms with Gasteiger partial charge in [0, 0.05) is 4.88 Å². The molecular weight excluding hydrogens is 284 g/mol. The first-order valence-corrected chi connectivity index (χ1v) is 7.97. The van der Waals surface area contributed by atoms with Crippen LogP contribution >= 0.6 is 11.3 Å². The van der Waals surface area contributed by atoms with Gasteiger partial charge in [-0.25, -0.2) is 4.98 Å². The van der Waals surface area contributed by atoms with Crippen molar-refractivity contribution in [1.29, 1.82) is 0 Å². The number of hydrogen-bond donors (Lipinski definition) is 1. The molecule has 4 nitrogen and oxygen atoms in total. The third-order valence-electron chi connectivity index (χ3n) is 3.15. The number of thiazole rings is 1. The summed E-state index contributed by atoms with van der Waals surface area (Å²) in [5.74, 6) is 1.50. The summed E-state index contributed by atoms with van der Waals surface area (Å²) >= 11 is 1.64. The van der Waals surface area contributed by atoms with E-state index in [4.69, 9.17) is 15.2 Å². The van der Waals surface area contributed by atoms with Crippen LogP contribution in [0.4, 0.5) is 0 Å². The third kappa shape index (κ3) is 3.54. The molecule has 1 aromatic heterocycles. The number of nitrogens with two attached hydrogens (primary N) is 1. The largest absolute Gasteiger partial charge is 0.490 e. The van der Waals surface area contributed by atoms with Gasteiger partial charge in [-0.15, -0.1) is 11.3 Å². The Balaban J connectivity index is 2.35. The molecule has 0 spiro atoms. The first kappa shape index (κ1) is 15.8. The summed E-state index contributed by atoms with van der Waals surface area (Å²) in [6.45, 7) is 9.11. The highest BCUT2D eigenvalue weighted by molar-refractivity contribution is 7.11. The minimum Gasteiger partial charge on any atom is -0.490 e. The standard InChI is InChI=1S/C16H22N2O2S/c1-5-19-13-8-7-12(9-14(13)20-6-2)15(17)16-10(3)18-11(4)21-16/h7-9,15H,5-6,17H2,1-4H3. The van der Waals surface area contributed by atoms with Crippen molar-refractivity contribution in [3.8, 4) is 11.5 Å². The molecular formula is C16H22N2O2S. The Morgan fingerprint density at radius 3 is 2.38 bits per heavy atom. The Hall–Kier alpha value is -1.59. The van der Waals surface area contributed by atoms with Gasteiger partial charge >= 0.3 is 0 Å². The zero-order valence-corrected chi connectivity index (χ0v) is 13.8. The zero-order valence-electron chi connectivity index (χ0n) is 13.0. The van der Waals surface area contributed by atoms with Gasteiger partial charge in [0.15, 0.2) is 11.5 Å². The second-order valence-electron chi connectivity index (χ2n) is 4.73. The Kier molecular flexibility index (Phi) is 5.20. The molecule has 0 aliphatic heterocycles. The summed E-state index contributed by atoms with van der Waals surface area (Å²) in [5.41, 5.74) is 8.40. The number of benzene rings is 1. The number of nitrogens with zero attached hydrogens (tertiary/aromatic N) is 1. The number of ether oxygens (including phenoxy) is 2. The highest BCUT2D eigenvalue weighted by Crippen LogP contribution is 2.34. The molecule has 21 heavy (non-hydrogen) atoms. The summed E-state index contributed by atoms with van der Waals surface area (Å²) in [6.07, 6.45) is 0. The maximum absolute atomic E-state index is 6.39. The molecule has 1 atom stereocenters. The van der Waals surface area contributed by atoms with Crippen LogP contribution in [0.5, 0.6) is 11.5 Å². The second kappa shape index (κ2) is 6.91. The fourth-order valence-electron chi connectivity index (χ4n) is 2.25. The van der Waals surface area contributed by atoms with Gasteiger partial charge in [-0.2, -0.15) is 0 Å². The summed E-state index contributed by atoms with van der Waals surface area (Å²) in [5, 5.41) is 1.04. The van der Waals surface area contributed by atoms with E-state index in [2.05, 4.69) is 4.98 Å². The first-order chi connectivity index (χ1) is 10.1. The normalized spacial score (nSPS) is 12.2. The molecule has 0 aliphatic rings. The van der Waals surface area contributed by atoms with Crippen molar-refractivity contribution < 1.29 is 9.47 Å². The van der Waals surface area contributed by atoms with Crippen molar-refractivity contribution in [2.75, 3.05) is 13.2 Å². The Labute approximate surface area is 129 Å². The van der Waals surface area contributed by atoms with Crippen LogP contribution in [0.15, 0.2) is 18.2 Å². The molecule has 0 saturated heterocycles. The molecule has 2 aromatic rings. The first-order valence-electron chi connectivity index (χ1n) is 7.15. The van der Waals surface area contributed by atoms with Crippen LogP contribution in [-0.2, 0) is 0 Å². The van der Waals surface area contributed by atoms with Crippen LogP contribution in [0.25, 0.3) is 0 Å². The molecule has 0 bridgehead atoms. The fourth-order valence-corrected chi connectivity index (χ4v) is 3.21. The van der Waals surface area contributed by atoms with Crippen LogP contribution < -0.4 is 15.2 Å². The smallest absolute Gasteiger partial charge is 0.161 e. The molecule has 0 amide bonds. The molecule has 2 rings (SSSR count). The highest BCUT2D eigenvalue weighted by Gasteiger charge is 2.17. The van der Waals surface area contributed by atoms with Crippen molar-refractivity contribution in [2.45, 2.75) is 33.7 Å². The van der Waals surface area contributed by atoms with E-state index in [1.165, 1.54) is 0 Å². The van der Waals surface area contributed by atoms with Gasteiger partial charge < -0.3 is 15.2 Å². The van der Waals surface area contributed by atoms with Crippen LogP contribution in [-0.4, -0.2) is 18.2 Å². The second-order valence-corrected chi connectivity index (χ2v) is 5.97. The fraction of sp³-hybridized carbons (Fsp3) is 0.438. The van der Waals surface area contributed by atoms with Gasteiger partial charge in [0.1, 0.15) is 0 Å². The monoisotopic (exact) mass is 306 g/mol. The molecule has 114 valence electrons. The summed E-state index contributed by atoms with van der Waals surface area (Å²) in [4.78, 5) is 5.54. The summed E-state index contributed by atoms with van der Waals surface area (Å²) in [7, 11) is 0. The minimum absolute atomic E-state index is 0.189. The van der Waals surface area contributed by atoms with Gasteiger partial charge in [0.2, 0.25) is 0 Å². The molecule has 0 fully saturated rings. The Morgan fingerprint density at radius 1 is 1.14 bits per heavy atom. The SMILES string of the molecule is CCOc1ccc(C(N)c2sc(C)nc2C)cc1OCC. The lowest BCUT2D eigenvalue weighted by atomic mass is 10.0. The lowest BCUT2D eigenvalue weighted by Gasteiger charge is -2.16. The molecule has 0 aliphatic carbocycles. The topological polar surface area (TPSA) is 57.4 Å². The van der Waals surface area contributed by atoms with Crippen LogP contribution in [0, 0.1) is 13.8 Å². The predicted octanol–water partition coefficient (Wildman–Crippen LogP) is 3.61. The number of aryl methyl sites for hydroxylation is 2. The van der Waals surface area contributed by atoms with Crippen molar-refractivity contribution in [2.24, 2.45) is 5.73 Å². The average molecular weight is 306 g/mol. The van der Waals surface area contributed by atoms with E-state index in [0.29, 0.717) is 13.2 Å². The van der Waals surface area contributed by atoms with Crippen molar-refractivity contribution in [3.63, 3.8) is 0 Å². The van der Waals surface area contributed by atoms with E-state index in [1.807, 2.05) is 45.9 Å². The van der Waals surface area contributed by atoms with Gasteiger partial charge in [0.05, 0.1) is 30.0 Å². The van der Waals surface area contributed by atoms with E-state index in [-0.39, 0.29) is 6.04 Å². The molecule has 1 aromatic carbocycles. The number of hydrogen-bond acceptors (Lipinski definition) is 5. The Morgan fingerprint density at radius 2 is 1.81 bits per heavy atom. The molecule has 1 unspecified atom stereocenters. The zero-order chi connectivity index (χ0) is 15.4. The molecule has 5 heteroatoms. The van der Waals surface area contributed by atoms with E-state index in [9.17, 15) is 0 Å². The van der Waals surface area contributed by atoms with Crippen molar-refractivity contribution in [3.05, 3.63) is 39.3 Å². The molecule has 2 N–H and O–H groups in total. The Bertz CT molecular complexity index is 610. The summed E-state index contributed by atoms with van der Waals surface area (Å²) in [6, 6.07) is 5.69. The minimum atomic E-state index is -0.189. The molecule has 0 saturated carbocycles. The van der Waals surface area contributed by atoms with Gasteiger partial charge in [0.25, 0.3) is 0 Å². The van der Waals surface area contributed by atoms with Gasteiger partial charge in [-0.05, 0) is 45.4 Å². The van der Waals surface area contributed by atoms with Crippen LogP contribution in [0.2, 0.25) is 0 Å². The van der Waals surface area contributed by atoms with E-state index in [0.717, 1.165) is 32.6 Å². The van der Waals surface area contributed by atoms with E-state index in [1.54, 1.807) is 11.3 Å². The predicted molar refractivity (Wildman–Crippen MR) is 86.4 cm³/mol. The lowest BCUT2D eigenvalue weighted by Crippen LogP contribution is -2.12. The maximum atomic E-state index is 6.39. The summed E-state index contributed by atoms with van der Waals surface area (Å²) < 4.78 is 11.2. The van der Waals surface area contributed by atoms with Crippen LogP contribution in [0.3, 0.4) is 0 Å². The molecule has 0 radical (unpaired) electrons. The lowest BCUT2D eigenvalue weighted by molar-refractivity contribution is 0.287. The van der Waals surface area contributed by atoms with E-state index < -0.39 is 0 Å². The molecule has 1 heterocycles. The average Bonchev–Trinajstić information content (AvgIpc) is 2.79. The van der Waals surface area contributed by atoms with Crippen LogP contribution in [0.1, 0.15) is 41.0 Å². The third-order valence-corrected chi connectivity index (χ3v) is 4.30.